The largest absolute Gasteiger partial charge is 0.416 e. The van der Waals surface area contributed by atoms with Crippen molar-refractivity contribution in [3.05, 3.63) is 75.8 Å². The fourth-order valence-corrected chi connectivity index (χ4v) is 5.53. The summed E-state index contributed by atoms with van der Waals surface area (Å²) in [6.45, 7) is 2.26. The number of rotatable bonds is 11. The minimum absolute atomic E-state index is 0.0107. The van der Waals surface area contributed by atoms with Gasteiger partial charge in [-0.05, 0) is 72.7 Å². The van der Waals surface area contributed by atoms with Crippen LogP contribution in [0, 0.1) is 29.1 Å². The van der Waals surface area contributed by atoms with Gasteiger partial charge >= 0.3 is 6.18 Å². The molecule has 3 aromatic rings. The number of amides is 1. The molecule has 2 heterocycles. The Morgan fingerprint density at radius 3 is 2.64 bits per heavy atom. The number of pyridine rings is 1. The molecule has 0 atom stereocenters. The summed E-state index contributed by atoms with van der Waals surface area (Å²) >= 11 is 0. The van der Waals surface area contributed by atoms with E-state index in [0.29, 0.717) is 47.5 Å². The third kappa shape index (κ3) is 6.83. The van der Waals surface area contributed by atoms with E-state index < -0.39 is 17.6 Å². The normalized spacial score (nSPS) is 14.5. The number of hydrogen-bond donors (Lipinski definition) is 4. The van der Waals surface area contributed by atoms with Crippen LogP contribution in [0.1, 0.15) is 70.3 Å². The Kier molecular flexibility index (Phi) is 9.20. The zero-order chi connectivity index (χ0) is 32.3. The van der Waals surface area contributed by atoms with Gasteiger partial charge < -0.3 is 15.5 Å². The maximum Gasteiger partial charge on any atom is 0.416 e. The van der Waals surface area contributed by atoms with Crippen LogP contribution in [-0.2, 0) is 19.3 Å². The average Bonchev–Trinajstić information content (AvgIpc) is 3.32. The molecule has 2 aromatic carbocycles. The van der Waals surface area contributed by atoms with E-state index in [-0.39, 0.29) is 41.9 Å². The van der Waals surface area contributed by atoms with Gasteiger partial charge in [0.15, 0.2) is 0 Å². The minimum atomic E-state index is -4.65. The van der Waals surface area contributed by atoms with E-state index in [0.717, 1.165) is 37.2 Å². The molecule has 1 aliphatic carbocycles. The lowest BCUT2D eigenvalue weighted by Gasteiger charge is -2.26. The number of benzene rings is 2. The van der Waals surface area contributed by atoms with Gasteiger partial charge in [0.2, 0.25) is 0 Å². The molecule has 0 spiro atoms. The van der Waals surface area contributed by atoms with Gasteiger partial charge in [0.05, 0.1) is 24.5 Å². The summed E-state index contributed by atoms with van der Waals surface area (Å²) in [6, 6.07) is 14.0. The molecule has 1 aromatic heterocycles. The minimum Gasteiger partial charge on any atom is -0.370 e. The Labute approximate surface area is 260 Å². The van der Waals surface area contributed by atoms with E-state index in [1.54, 1.807) is 31.3 Å². The second-order valence-electron chi connectivity index (χ2n) is 11.5. The van der Waals surface area contributed by atoms with Crippen LogP contribution in [0.3, 0.4) is 0 Å². The lowest BCUT2D eigenvalue weighted by Crippen LogP contribution is -2.34. The molecule has 5 rings (SSSR count). The lowest BCUT2D eigenvalue weighted by molar-refractivity contribution is -0.138. The average molecular weight is 617 g/mol. The van der Waals surface area contributed by atoms with Crippen molar-refractivity contribution in [2.75, 3.05) is 23.8 Å². The van der Waals surface area contributed by atoms with Crippen LogP contribution in [0.25, 0.3) is 11.1 Å². The second-order valence-corrected chi connectivity index (χ2v) is 11.5. The van der Waals surface area contributed by atoms with E-state index >= 15 is 0 Å². The van der Waals surface area contributed by atoms with E-state index in [1.165, 1.54) is 9.80 Å². The van der Waals surface area contributed by atoms with Gasteiger partial charge in [0.1, 0.15) is 17.5 Å². The molecule has 12 heteroatoms. The number of unbranched alkanes of at least 4 members (excludes halogenated alkanes) is 1. The molecule has 4 N–H and O–H groups in total. The van der Waals surface area contributed by atoms with Gasteiger partial charge in [-0.15, -0.1) is 0 Å². The Morgan fingerprint density at radius 1 is 1.20 bits per heavy atom. The van der Waals surface area contributed by atoms with Crippen LogP contribution in [0.5, 0.6) is 0 Å². The molecule has 0 saturated heterocycles. The Hall–Kier alpha value is -4.76. The van der Waals surface area contributed by atoms with Crippen molar-refractivity contribution in [3.63, 3.8) is 0 Å². The first kappa shape index (κ1) is 31.7. The van der Waals surface area contributed by atoms with Crippen LogP contribution >= 0.6 is 0 Å². The van der Waals surface area contributed by atoms with Crippen molar-refractivity contribution in [1.29, 1.82) is 16.1 Å². The van der Waals surface area contributed by atoms with Crippen LogP contribution in [0.2, 0.25) is 0 Å². The summed E-state index contributed by atoms with van der Waals surface area (Å²) in [6.07, 6.45) is 0.315. The fourth-order valence-electron chi connectivity index (χ4n) is 5.53. The number of nitrogens with one attached hydrogen (secondary N) is 4. The van der Waals surface area contributed by atoms with Crippen LogP contribution in [0.4, 0.5) is 24.8 Å². The molecule has 2 aliphatic rings. The molecule has 1 fully saturated rings. The second kappa shape index (κ2) is 13.1. The third-order valence-electron chi connectivity index (χ3n) is 8.25. The van der Waals surface area contributed by atoms with Crippen molar-refractivity contribution in [2.24, 2.45) is 0 Å². The van der Waals surface area contributed by atoms with Gasteiger partial charge in [-0.25, -0.2) is 4.98 Å². The molecule has 45 heavy (non-hydrogen) atoms. The van der Waals surface area contributed by atoms with Gasteiger partial charge in [0.25, 0.3) is 5.91 Å². The molecule has 0 unspecified atom stereocenters. The lowest BCUT2D eigenvalue weighted by atomic mass is 9.92. The highest BCUT2D eigenvalue weighted by atomic mass is 19.4. The molecule has 1 amide bonds. The third-order valence-corrected chi connectivity index (χ3v) is 8.25. The summed E-state index contributed by atoms with van der Waals surface area (Å²) in [5, 5.41) is 31.7. The summed E-state index contributed by atoms with van der Waals surface area (Å²) in [5.41, 5.74) is 2.18. The highest BCUT2D eigenvalue weighted by Gasteiger charge is 2.41. The molecule has 1 aliphatic heterocycles. The van der Waals surface area contributed by atoms with Crippen LogP contribution in [0.15, 0.2) is 42.5 Å². The Balaban J connectivity index is 1.57. The van der Waals surface area contributed by atoms with Crippen LogP contribution in [-0.4, -0.2) is 47.6 Å². The number of anilines is 2. The maximum atomic E-state index is 14.3. The number of aromatic nitrogens is 1. The molecule has 1 saturated carbocycles. The summed E-state index contributed by atoms with van der Waals surface area (Å²) in [5.74, 6) is 0.0504. The first-order chi connectivity index (χ1) is 21.5. The van der Waals surface area contributed by atoms with E-state index in [2.05, 4.69) is 21.7 Å². The molecule has 0 radical (unpaired) electrons. The number of nitrogens with zero attached hydrogens (tertiary/aromatic N) is 4. The number of aryl methyl sites for hydroxylation is 1. The van der Waals surface area contributed by atoms with Gasteiger partial charge in [-0.1, -0.05) is 30.2 Å². The smallest absolute Gasteiger partial charge is 0.370 e. The summed E-state index contributed by atoms with van der Waals surface area (Å²) in [4.78, 5) is 21.1. The predicted molar refractivity (Wildman–Crippen MR) is 168 cm³/mol. The van der Waals surface area contributed by atoms with Crippen molar-refractivity contribution >= 4 is 29.7 Å². The zero-order valence-electron chi connectivity index (χ0n) is 25.2. The van der Waals surface area contributed by atoms with Crippen molar-refractivity contribution in [2.45, 2.75) is 64.3 Å². The van der Waals surface area contributed by atoms with E-state index in [1.807, 2.05) is 19.1 Å². The Morgan fingerprint density at radius 2 is 1.98 bits per heavy atom. The highest BCUT2D eigenvalue weighted by Crippen LogP contribution is 2.40. The number of fused-ring (bicyclic) bond motifs is 1. The van der Waals surface area contributed by atoms with Gasteiger partial charge in [-0.2, -0.15) is 18.4 Å². The van der Waals surface area contributed by atoms with Crippen molar-refractivity contribution < 1.29 is 18.0 Å². The first-order valence-corrected chi connectivity index (χ1v) is 14.8. The van der Waals surface area contributed by atoms with Gasteiger partial charge in [0, 0.05) is 43.7 Å². The van der Waals surface area contributed by atoms with Crippen molar-refractivity contribution in [3.8, 4) is 17.2 Å². The number of amidine groups is 1. The van der Waals surface area contributed by atoms with Gasteiger partial charge in [-0.3, -0.25) is 20.5 Å². The number of halogens is 3. The number of carbonyl (C=O) groups excluding carboxylic acids is 1. The summed E-state index contributed by atoms with van der Waals surface area (Å²) in [7, 11) is 1.59. The maximum absolute atomic E-state index is 14.3. The predicted octanol–water partition coefficient (Wildman–Crippen LogP) is 6.46. The number of nitriles is 1. The molecular weight excluding hydrogens is 581 g/mol. The monoisotopic (exact) mass is 616 g/mol. The molecule has 0 bridgehead atoms. The summed E-state index contributed by atoms with van der Waals surface area (Å²) < 4.78 is 43.0. The van der Waals surface area contributed by atoms with Crippen molar-refractivity contribution in [1.82, 2.24) is 15.2 Å². The number of hydrogen-bond acceptors (Lipinski definition) is 7. The van der Waals surface area contributed by atoms with E-state index in [9.17, 15) is 18.0 Å². The quantitative estimate of drug-likeness (QED) is 0.111. The highest BCUT2D eigenvalue weighted by molar-refractivity contribution is 6.11. The molecular formula is C33H35F3N8O. The zero-order valence-corrected chi connectivity index (χ0v) is 25.2. The standard InChI is InChI=1S/C33H35F3N8O/c1-20-8-9-24(31(39)43(2)19-38)25(12-20)22-15-29(40-11-4-3-10-37)42-30(16-22)44-18-27-26(32(44)45)13-21(14-28(27)33(34,35)36)17-41-23-6-5-7-23/h8-9,12-16,19,23,38-39,41H,3-7,11,17-18H2,1-2H3,(H,40,42). The number of alkyl halides is 3. The topological polar surface area (TPSA) is 132 Å². The van der Waals surface area contributed by atoms with E-state index in [4.69, 9.17) is 16.1 Å². The SMILES string of the molecule is Cc1ccc(C(=N)N(C)C=N)c(-c2cc(NCCCC#N)nc(N3Cc4c(cc(CNC5CCC5)cc4C(F)(F)F)C3=O)c2)c1. The first-order valence-electron chi connectivity index (χ1n) is 14.8. The molecule has 234 valence electrons. The fraction of sp³-hybridized carbons (Fsp3) is 0.364. The Bertz CT molecular complexity index is 1680. The van der Waals surface area contributed by atoms with Crippen LogP contribution < -0.4 is 15.5 Å². The number of carbonyl (C=O) groups is 1. The molecule has 9 nitrogen and oxygen atoms in total.